The van der Waals surface area contributed by atoms with Gasteiger partial charge in [-0.05, 0) is 30.9 Å². The molecule has 1 amide bonds. The maximum atomic E-state index is 12.0. The number of aromatic nitrogens is 1. The third-order valence-electron chi connectivity index (χ3n) is 3.44. The zero-order chi connectivity index (χ0) is 13.2. The standard InChI is InChI=1S/C13H17N3OS/c1-2-9-4-3-7-15-10(9)8-16-12(17)13(5-6-13)11(14)18/h3-4,7H,2,5-6,8H2,1H3,(H2,14,18)(H,16,17). The monoisotopic (exact) mass is 263 g/mol. The molecule has 1 aliphatic rings. The van der Waals surface area contributed by atoms with Gasteiger partial charge >= 0.3 is 0 Å². The third kappa shape index (κ3) is 2.36. The Morgan fingerprint density at radius 1 is 1.61 bits per heavy atom. The summed E-state index contributed by atoms with van der Waals surface area (Å²) in [5, 5.41) is 2.89. The molecule has 1 aliphatic carbocycles. The van der Waals surface area contributed by atoms with Crippen LogP contribution in [0.2, 0.25) is 0 Å². The van der Waals surface area contributed by atoms with Gasteiger partial charge in [-0.2, -0.15) is 0 Å². The summed E-state index contributed by atoms with van der Waals surface area (Å²) in [7, 11) is 0. The lowest BCUT2D eigenvalue weighted by Crippen LogP contribution is -2.39. The topological polar surface area (TPSA) is 68.0 Å². The Hall–Kier alpha value is -1.49. The van der Waals surface area contributed by atoms with E-state index in [2.05, 4.69) is 17.2 Å². The van der Waals surface area contributed by atoms with Crippen molar-refractivity contribution in [1.82, 2.24) is 10.3 Å². The summed E-state index contributed by atoms with van der Waals surface area (Å²) < 4.78 is 0. The zero-order valence-electron chi connectivity index (χ0n) is 10.4. The molecule has 1 aromatic rings. The number of rotatable bonds is 5. The number of carbonyl (C=O) groups is 1. The number of nitrogens with zero attached hydrogens (tertiary/aromatic N) is 1. The Morgan fingerprint density at radius 3 is 2.89 bits per heavy atom. The van der Waals surface area contributed by atoms with Crippen molar-refractivity contribution >= 4 is 23.1 Å². The Kier molecular flexibility index (Phi) is 3.61. The van der Waals surface area contributed by atoms with Crippen LogP contribution in [0.5, 0.6) is 0 Å². The van der Waals surface area contributed by atoms with Crippen molar-refractivity contribution in [2.75, 3.05) is 0 Å². The van der Waals surface area contributed by atoms with Crippen molar-refractivity contribution in [2.24, 2.45) is 11.1 Å². The van der Waals surface area contributed by atoms with Crippen LogP contribution < -0.4 is 11.1 Å². The summed E-state index contributed by atoms with van der Waals surface area (Å²) in [6.45, 7) is 2.51. The molecule has 3 N–H and O–H groups in total. The molecule has 5 heteroatoms. The van der Waals surface area contributed by atoms with Crippen molar-refractivity contribution in [3.05, 3.63) is 29.6 Å². The van der Waals surface area contributed by atoms with Crippen LogP contribution in [-0.2, 0) is 17.8 Å². The second-order valence-corrected chi connectivity index (χ2v) is 5.03. The molecule has 0 spiro atoms. The lowest BCUT2D eigenvalue weighted by molar-refractivity contribution is -0.124. The van der Waals surface area contributed by atoms with Gasteiger partial charge in [0.1, 0.15) is 0 Å². The molecule has 0 aliphatic heterocycles. The summed E-state index contributed by atoms with van der Waals surface area (Å²) in [5.74, 6) is -0.0669. The van der Waals surface area contributed by atoms with Gasteiger partial charge < -0.3 is 11.1 Å². The van der Waals surface area contributed by atoms with Gasteiger partial charge in [-0.25, -0.2) is 0 Å². The van der Waals surface area contributed by atoms with Crippen LogP contribution in [0.4, 0.5) is 0 Å². The summed E-state index contributed by atoms with van der Waals surface area (Å²) in [6.07, 6.45) is 4.16. The molecular formula is C13H17N3OS. The highest BCUT2D eigenvalue weighted by Gasteiger charge is 2.52. The second-order valence-electron chi connectivity index (χ2n) is 4.59. The van der Waals surface area contributed by atoms with Gasteiger partial charge in [0.05, 0.1) is 22.6 Å². The number of thiocarbonyl (C=S) groups is 1. The van der Waals surface area contributed by atoms with Gasteiger partial charge in [0.2, 0.25) is 5.91 Å². The molecule has 18 heavy (non-hydrogen) atoms. The van der Waals surface area contributed by atoms with E-state index in [1.165, 1.54) is 0 Å². The minimum Gasteiger partial charge on any atom is -0.392 e. The first-order valence-electron chi connectivity index (χ1n) is 6.11. The van der Waals surface area contributed by atoms with Crippen LogP contribution in [0.15, 0.2) is 18.3 Å². The van der Waals surface area contributed by atoms with E-state index in [-0.39, 0.29) is 5.91 Å². The number of hydrogen-bond donors (Lipinski definition) is 2. The van der Waals surface area contributed by atoms with Crippen molar-refractivity contribution in [3.63, 3.8) is 0 Å². The average molecular weight is 263 g/mol. The smallest absolute Gasteiger partial charge is 0.233 e. The van der Waals surface area contributed by atoms with E-state index in [0.29, 0.717) is 11.5 Å². The van der Waals surface area contributed by atoms with E-state index >= 15 is 0 Å². The molecule has 0 radical (unpaired) electrons. The fraction of sp³-hybridized carbons (Fsp3) is 0.462. The normalized spacial score (nSPS) is 16.1. The largest absolute Gasteiger partial charge is 0.392 e. The molecule has 0 bridgehead atoms. The maximum absolute atomic E-state index is 12.0. The number of pyridine rings is 1. The first-order valence-corrected chi connectivity index (χ1v) is 6.52. The van der Waals surface area contributed by atoms with E-state index in [9.17, 15) is 4.79 Å². The molecule has 0 atom stereocenters. The molecule has 0 unspecified atom stereocenters. The van der Waals surface area contributed by atoms with Gasteiger partial charge in [0.25, 0.3) is 0 Å². The fourth-order valence-electron chi connectivity index (χ4n) is 2.00. The van der Waals surface area contributed by atoms with E-state index in [1.807, 2.05) is 12.1 Å². The molecule has 0 aromatic carbocycles. The van der Waals surface area contributed by atoms with E-state index in [0.717, 1.165) is 30.5 Å². The number of carbonyl (C=O) groups excluding carboxylic acids is 1. The molecule has 0 saturated heterocycles. The number of nitrogens with one attached hydrogen (secondary N) is 1. The first kappa shape index (κ1) is 13.0. The lowest BCUT2D eigenvalue weighted by atomic mass is 10.1. The fourth-order valence-corrected chi connectivity index (χ4v) is 2.29. The highest BCUT2D eigenvalue weighted by Crippen LogP contribution is 2.46. The molecule has 1 saturated carbocycles. The van der Waals surface area contributed by atoms with E-state index < -0.39 is 5.41 Å². The predicted molar refractivity (Wildman–Crippen MR) is 73.9 cm³/mol. The van der Waals surface area contributed by atoms with Gasteiger partial charge in [-0.15, -0.1) is 0 Å². The Bertz CT molecular complexity index is 483. The van der Waals surface area contributed by atoms with Crippen LogP contribution >= 0.6 is 12.2 Å². The zero-order valence-corrected chi connectivity index (χ0v) is 11.2. The number of hydrogen-bond acceptors (Lipinski definition) is 3. The second kappa shape index (κ2) is 5.02. The quantitative estimate of drug-likeness (QED) is 0.786. The van der Waals surface area contributed by atoms with Crippen LogP contribution in [0.1, 0.15) is 31.0 Å². The maximum Gasteiger partial charge on any atom is 0.233 e. The highest BCUT2D eigenvalue weighted by molar-refractivity contribution is 7.80. The van der Waals surface area contributed by atoms with Gasteiger partial charge in [-0.3, -0.25) is 9.78 Å². The van der Waals surface area contributed by atoms with Crippen molar-refractivity contribution in [1.29, 1.82) is 0 Å². The van der Waals surface area contributed by atoms with Crippen molar-refractivity contribution in [2.45, 2.75) is 32.7 Å². The van der Waals surface area contributed by atoms with Crippen molar-refractivity contribution < 1.29 is 4.79 Å². The molecular weight excluding hydrogens is 246 g/mol. The molecule has 1 fully saturated rings. The Balaban J connectivity index is 2.00. The SMILES string of the molecule is CCc1cccnc1CNC(=O)C1(C(N)=S)CC1. The summed E-state index contributed by atoms with van der Waals surface area (Å²) in [5.41, 5.74) is 7.09. The molecule has 4 nitrogen and oxygen atoms in total. The van der Waals surface area contributed by atoms with Crippen molar-refractivity contribution in [3.8, 4) is 0 Å². The van der Waals surface area contributed by atoms with Gasteiger partial charge in [0, 0.05) is 6.20 Å². The van der Waals surface area contributed by atoms with E-state index in [1.54, 1.807) is 6.20 Å². The first-order chi connectivity index (χ1) is 8.60. The highest BCUT2D eigenvalue weighted by atomic mass is 32.1. The Morgan fingerprint density at radius 2 is 2.33 bits per heavy atom. The molecule has 1 heterocycles. The number of aryl methyl sites for hydroxylation is 1. The van der Waals surface area contributed by atoms with E-state index in [4.69, 9.17) is 18.0 Å². The van der Waals surface area contributed by atoms with Crippen LogP contribution in [0.25, 0.3) is 0 Å². The Labute approximate surface area is 112 Å². The van der Waals surface area contributed by atoms with Gasteiger partial charge in [0.15, 0.2) is 0 Å². The third-order valence-corrected chi connectivity index (χ3v) is 3.83. The molecule has 1 aromatic heterocycles. The summed E-state index contributed by atoms with van der Waals surface area (Å²) >= 11 is 4.95. The molecule has 2 rings (SSSR count). The predicted octanol–water partition coefficient (Wildman–Crippen LogP) is 1.33. The number of amides is 1. The minimum absolute atomic E-state index is 0.0669. The number of nitrogens with two attached hydrogens (primary N) is 1. The van der Waals surface area contributed by atoms with Crippen LogP contribution in [0, 0.1) is 5.41 Å². The molecule has 96 valence electrons. The van der Waals surface area contributed by atoms with Crippen LogP contribution in [0.3, 0.4) is 0 Å². The van der Waals surface area contributed by atoms with Crippen LogP contribution in [-0.4, -0.2) is 15.9 Å². The lowest BCUT2D eigenvalue weighted by Gasteiger charge is -2.14. The summed E-state index contributed by atoms with van der Waals surface area (Å²) in [6, 6.07) is 3.93. The average Bonchev–Trinajstić information content (AvgIpc) is 3.17. The minimum atomic E-state index is -0.587. The van der Waals surface area contributed by atoms with Gasteiger partial charge in [-0.1, -0.05) is 25.2 Å². The summed E-state index contributed by atoms with van der Waals surface area (Å²) in [4.78, 5) is 16.6.